The first-order valence-electron chi connectivity index (χ1n) is 18.1. The maximum absolute atomic E-state index is 10.3. The molecule has 0 bridgehead atoms. The van der Waals surface area contributed by atoms with E-state index >= 15 is 0 Å². The van der Waals surface area contributed by atoms with Crippen molar-refractivity contribution in [3.05, 3.63) is 164 Å². The van der Waals surface area contributed by atoms with Gasteiger partial charge in [-0.1, -0.05) is 24.3 Å². The van der Waals surface area contributed by atoms with Crippen molar-refractivity contribution >= 4 is 23.2 Å². The first-order chi connectivity index (χ1) is 24.2. The van der Waals surface area contributed by atoms with E-state index in [-0.39, 0.29) is 0 Å². The van der Waals surface area contributed by atoms with Crippen molar-refractivity contribution in [1.82, 2.24) is 0 Å². The van der Waals surface area contributed by atoms with Gasteiger partial charge in [-0.15, -0.1) is 13.2 Å². The zero-order chi connectivity index (χ0) is 34.2. The zero-order valence-electron chi connectivity index (χ0n) is 29.0. The summed E-state index contributed by atoms with van der Waals surface area (Å²) >= 11 is 0. The second kappa shape index (κ2) is 19.0. The van der Waals surface area contributed by atoms with E-state index in [2.05, 4.69) is 122 Å². The fourth-order valence-electron chi connectivity index (χ4n) is 7.13. The molecule has 0 saturated heterocycles. The summed E-state index contributed by atoms with van der Waals surface area (Å²) in [4.78, 5) is 0. The standard InChI is InChI=1S/C46H53O2P/c1-3-22-38-30-33-46(44(36-38)39-31-32-45(47)40(37-39)23-4-2)48-34-20-9-7-5-6-8-10-21-35-49(41-24-14-11-15-25-41,42-26-16-12-17-27-42)43-28-18-13-19-29-43/h3-4,11-19,24-33,36-37,47,49H,1-2,5-10,20-23,34-35H2. The summed E-state index contributed by atoms with van der Waals surface area (Å²) in [5.74, 6) is 1.19. The molecule has 0 radical (unpaired) electrons. The van der Waals surface area contributed by atoms with E-state index in [0.29, 0.717) is 18.8 Å². The van der Waals surface area contributed by atoms with Crippen LogP contribution in [0.15, 0.2) is 153 Å². The Morgan fingerprint density at radius 3 is 1.63 bits per heavy atom. The van der Waals surface area contributed by atoms with Crippen LogP contribution in [0.3, 0.4) is 0 Å². The molecular formula is C46H53O2P. The second-order valence-electron chi connectivity index (χ2n) is 13.1. The van der Waals surface area contributed by atoms with Gasteiger partial charge in [0.25, 0.3) is 0 Å². The molecule has 0 aliphatic rings. The minimum atomic E-state index is -2.12. The molecule has 254 valence electrons. The minimum absolute atomic E-state index is 0.301. The molecular weight excluding hydrogens is 615 g/mol. The number of hydrogen-bond acceptors (Lipinski definition) is 2. The van der Waals surface area contributed by atoms with Gasteiger partial charge in [0, 0.05) is 5.56 Å². The van der Waals surface area contributed by atoms with Gasteiger partial charge in [-0.05, 0) is 53.8 Å². The maximum Gasteiger partial charge on any atom is 0.119 e. The number of phenols is 1. The third-order valence-corrected chi connectivity index (χ3v) is 14.7. The zero-order valence-corrected chi connectivity index (χ0v) is 30.0. The number of aromatic hydroxyl groups is 1. The van der Waals surface area contributed by atoms with E-state index in [1.807, 2.05) is 24.3 Å². The first-order valence-corrected chi connectivity index (χ1v) is 20.3. The molecule has 0 heterocycles. The van der Waals surface area contributed by atoms with Crippen molar-refractivity contribution in [2.24, 2.45) is 0 Å². The van der Waals surface area contributed by atoms with Crippen molar-refractivity contribution < 1.29 is 9.84 Å². The van der Waals surface area contributed by atoms with Crippen LogP contribution in [0.1, 0.15) is 62.5 Å². The Morgan fingerprint density at radius 2 is 1.08 bits per heavy atom. The van der Waals surface area contributed by atoms with Crippen LogP contribution in [0.2, 0.25) is 0 Å². The Hall–Kier alpha value is -4.39. The Balaban J connectivity index is 1.09. The van der Waals surface area contributed by atoms with Crippen molar-refractivity contribution in [1.29, 1.82) is 0 Å². The number of rotatable bonds is 20. The summed E-state index contributed by atoms with van der Waals surface area (Å²) in [6, 6.07) is 46.0. The van der Waals surface area contributed by atoms with Crippen LogP contribution in [0.5, 0.6) is 11.5 Å². The van der Waals surface area contributed by atoms with Crippen molar-refractivity contribution in [2.45, 2.75) is 64.2 Å². The number of benzene rings is 5. The summed E-state index contributed by atoms with van der Waals surface area (Å²) < 4.78 is 6.35. The van der Waals surface area contributed by atoms with Crippen LogP contribution in [0.4, 0.5) is 0 Å². The Morgan fingerprint density at radius 1 is 0.551 bits per heavy atom. The molecule has 0 atom stereocenters. The normalized spacial score (nSPS) is 11.6. The largest absolute Gasteiger partial charge is 0.508 e. The Kier molecular flexibility index (Phi) is 13.9. The van der Waals surface area contributed by atoms with Gasteiger partial charge >= 0.3 is 189 Å². The average molecular weight is 669 g/mol. The molecule has 0 amide bonds. The smallest absolute Gasteiger partial charge is 0.119 e. The van der Waals surface area contributed by atoms with E-state index in [9.17, 15) is 5.11 Å². The SMILES string of the molecule is C=CCc1ccc(OCCCCCCCCCC[PH](c2ccccc2)(c2ccccc2)c2ccccc2)c(-c2ccc(O)c(CC=C)c2)c1. The van der Waals surface area contributed by atoms with Crippen LogP contribution in [-0.4, -0.2) is 17.9 Å². The molecule has 1 N–H and O–H groups in total. The maximum atomic E-state index is 10.3. The number of unbranched alkanes of at least 4 members (excludes halogenated alkanes) is 7. The second-order valence-corrected chi connectivity index (χ2v) is 17.1. The number of hydrogen-bond donors (Lipinski definition) is 1. The number of allylic oxidation sites excluding steroid dienone is 2. The predicted octanol–water partition coefficient (Wildman–Crippen LogP) is 10.7. The molecule has 2 nitrogen and oxygen atoms in total. The number of ether oxygens (including phenoxy) is 1. The Labute approximate surface area is 295 Å². The van der Waals surface area contributed by atoms with Gasteiger partial charge in [-0.2, -0.15) is 0 Å². The molecule has 3 heteroatoms. The van der Waals surface area contributed by atoms with Crippen molar-refractivity contribution in [3.63, 3.8) is 0 Å². The van der Waals surface area contributed by atoms with Crippen molar-refractivity contribution in [2.75, 3.05) is 12.8 Å². The van der Waals surface area contributed by atoms with E-state index in [1.165, 1.54) is 72.6 Å². The molecule has 5 aromatic carbocycles. The van der Waals surface area contributed by atoms with Crippen molar-refractivity contribution in [3.8, 4) is 22.6 Å². The topological polar surface area (TPSA) is 29.5 Å². The first kappa shape index (κ1) is 35.9. The molecule has 0 aromatic heterocycles. The van der Waals surface area contributed by atoms with E-state index in [4.69, 9.17) is 4.74 Å². The molecule has 5 rings (SSSR count). The molecule has 0 unspecified atom stereocenters. The summed E-state index contributed by atoms with van der Waals surface area (Å²) in [6.45, 7) is 8.45. The molecule has 49 heavy (non-hydrogen) atoms. The molecule has 0 aliphatic heterocycles. The van der Waals surface area contributed by atoms with Crippen LogP contribution in [-0.2, 0) is 12.8 Å². The fraction of sp³-hybridized carbons (Fsp3) is 0.261. The Bertz CT molecular complexity index is 1630. The minimum Gasteiger partial charge on any atom is -0.508 e. The van der Waals surface area contributed by atoms with Gasteiger partial charge in [0.1, 0.15) is 5.75 Å². The summed E-state index contributed by atoms with van der Waals surface area (Å²) in [7, 11) is -2.12. The summed E-state index contributed by atoms with van der Waals surface area (Å²) in [5, 5.41) is 14.8. The van der Waals surface area contributed by atoms with Gasteiger partial charge < -0.3 is 5.11 Å². The van der Waals surface area contributed by atoms with Crippen LogP contribution in [0.25, 0.3) is 11.1 Å². The molecule has 0 fully saturated rings. The van der Waals surface area contributed by atoms with Crippen LogP contribution in [0, 0.1) is 0 Å². The van der Waals surface area contributed by atoms with E-state index < -0.39 is 7.26 Å². The molecule has 5 aromatic rings. The van der Waals surface area contributed by atoms with E-state index in [1.54, 1.807) is 6.07 Å². The van der Waals surface area contributed by atoms with E-state index in [0.717, 1.165) is 35.3 Å². The third kappa shape index (κ3) is 9.62. The predicted molar refractivity (Wildman–Crippen MR) is 215 cm³/mol. The van der Waals surface area contributed by atoms with Gasteiger partial charge in [0.2, 0.25) is 0 Å². The summed E-state index contributed by atoms with van der Waals surface area (Å²) in [5.41, 5.74) is 4.18. The quantitative estimate of drug-likeness (QED) is 0.0508. The van der Waals surface area contributed by atoms with Gasteiger partial charge in [0.05, 0.1) is 0 Å². The van der Waals surface area contributed by atoms with Gasteiger partial charge in [0.15, 0.2) is 0 Å². The third-order valence-electron chi connectivity index (χ3n) is 9.68. The molecule has 0 saturated carbocycles. The summed E-state index contributed by atoms with van der Waals surface area (Å²) in [6.07, 6.45) is 16.3. The van der Waals surface area contributed by atoms with Gasteiger partial charge in [-0.25, -0.2) is 0 Å². The fourth-order valence-corrected chi connectivity index (χ4v) is 12.1. The average Bonchev–Trinajstić information content (AvgIpc) is 3.15. The molecule has 0 spiro atoms. The van der Waals surface area contributed by atoms with Crippen LogP contribution < -0.4 is 20.7 Å². The number of phenolic OH excluding ortho intramolecular Hbond substituents is 1. The van der Waals surface area contributed by atoms with Gasteiger partial charge in [-0.3, -0.25) is 0 Å². The monoisotopic (exact) mass is 668 g/mol. The van der Waals surface area contributed by atoms with Crippen LogP contribution >= 0.6 is 7.26 Å². The molecule has 0 aliphatic carbocycles.